The number of fused-ring (bicyclic) bond motifs is 1. The van der Waals surface area contributed by atoms with E-state index < -0.39 is 0 Å². The first-order chi connectivity index (χ1) is 10.0. The summed E-state index contributed by atoms with van der Waals surface area (Å²) in [6.45, 7) is 5.91. The molecule has 1 aromatic heterocycles. The zero-order valence-corrected chi connectivity index (χ0v) is 13.8. The Morgan fingerprint density at radius 2 is 2.14 bits per heavy atom. The molecule has 2 atom stereocenters. The topological polar surface area (TPSA) is 69.9 Å². The number of hydrogen-bond donors (Lipinski definition) is 3. The maximum Gasteiger partial charge on any atom is 0.323 e. The molecule has 1 aliphatic rings. The minimum Gasteiger partial charge on any atom is -0.373 e. The molecule has 6 heteroatoms. The largest absolute Gasteiger partial charge is 0.373 e. The molecule has 2 unspecified atom stereocenters. The number of imidazole rings is 1. The standard InChI is InChI=1S/C15H20BrN3O2/c1-3-17-13(15(2)5-4-6-21-15)9-7-11-12(8-10(9)16)19-14(20)18-11/h7-8,13,17H,3-6H2,1-2H3,(H2,18,19,20). The molecule has 1 saturated heterocycles. The van der Waals surface area contributed by atoms with E-state index in [2.05, 4.69) is 45.1 Å². The Kier molecular flexibility index (Phi) is 3.94. The average molecular weight is 354 g/mol. The zero-order chi connectivity index (χ0) is 15.0. The molecule has 2 heterocycles. The van der Waals surface area contributed by atoms with Gasteiger partial charge in [-0.3, -0.25) is 0 Å². The zero-order valence-electron chi connectivity index (χ0n) is 12.3. The van der Waals surface area contributed by atoms with Gasteiger partial charge in [0, 0.05) is 11.1 Å². The summed E-state index contributed by atoms with van der Waals surface area (Å²) in [5, 5.41) is 3.54. The summed E-state index contributed by atoms with van der Waals surface area (Å²) in [6, 6.07) is 4.06. The fourth-order valence-electron chi connectivity index (χ4n) is 3.18. The van der Waals surface area contributed by atoms with Crippen LogP contribution in [0.2, 0.25) is 0 Å². The molecular weight excluding hydrogens is 334 g/mol. The first-order valence-electron chi connectivity index (χ1n) is 7.32. The van der Waals surface area contributed by atoms with E-state index in [1.54, 1.807) is 0 Å². The van der Waals surface area contributed by atoms with Crippen LogP contribution in [0.1, 0.15) is 38.3 Å². The van der Waals surface area contributed by atoms with Crippen molar-refractivity contribution in [1.82, 2.24) is 15.3 Å². The molecule has 0 aliphatic carbocycles. The SMILES string of the molecule is CCNC(c1cc2[nH]c(=O)[nH]c2cc1Br)C1(C)CCCO1. The van der Waals surface area contributed by atoms with Crippen molar-refractivity contribution in [1.29, 1.82) is 0 Å². The monoisotopic (exact) mass is 353 g/mol. The van der Waals surface area contributed by atoms with E-state index in [0.717, 1.165) is 47.1 Å². The molecule has 0 amide bonds. The summed E-state index contributed by atoms with van der Waals surface area (Å²) in [4.78, 5) is 17.1. The number of likely N-dealkylation sites (N-methyl/N-ethyl adjacent to an activating group) is 1. The van der Waals surface area contributed by atoms with Gasteiger partial charge in [-0.05, 0) is 44.0 Å². The van der Waals surface area contributed by atoms with E-state index in [0.29, 0.717) is 0 Å². The number of rotatable bonds is 4. The van der Waals surface area contributed by atoms with Crippen molar-refractivity contribution in [2.24, 2.45) is 0 Å². The maximum absolute atomic E-state index is 11.5. The minimum atomic E-state index is -0.219. The van der Waals surface area contributed by atoms with Crippen LogP contribution in [-0.4, -0.2) is 28.7 Å². The number of aromatic nitrogens is 2. The lowest BCUT2D eigenvalue weighted by atomic mass is 9.87. The number of nitrogens with one attached hydrogen (secondary N) is 3. The van der Waals surface area contributed by atoms with E-state index >= 15 is 0 Å². The van der Waals surface area contributed by atoms with Crippen molar-refractivity contribution in [2.45, 2.75) is 38.3 Å². The van der Waals surface area contributed by atoms with Crippen molar-refractivity contribution >= 4 is 27.0 Å². The predicted molar refractivity (Wildman–Crippen MR) is 86.6 cm³/mol. The number of H-pyrrole nitrogens is 2. The maximum atomic E-state index is 11.5. The van der Waals surface area contributed by atoms with Gasteiger partial charge < -0.3 is 20.0 Å². The molecule has 1 fully saturated rings. The second-order valence-electron chi connectivity index (χ2n) is 5.75. The molecule has 21 heavy (non-hydrogen) atoms. The van der Waals surface area contributed by atoms with Gasteiger partial charge in [0.05, 0.1) is 22.7 Å². The Morgan fingerprint density at radius 3 is 2.76 bits per heavy atom. The van der Waals surface area contributed by atoms with Crippen LogP contribution < -0.4 is 11.0 Å². The van der Waals surface area contributed by atoms with Gasteiger partial charge >= 0.3 is 5.69 Å². The van der Waals surface area contributed by atoms with Crippen LogP contribution in [0.15, 0.2) is 21.4 Å². The molecule has 2 aromatic rings. The van der Waals surface area contributed by atoms with Crippen molar-refractivity contribution in [3.8, 4) is 0 Å². The Labute approximate surface area is 131 Å². The highest BCUT2D eigenvalue weighted by Crippen LogP contribution is 2.40. The third-order valence-corrected chi connectivity index (χ3v) is 4.90. The van der Waals surface area contributed by atoms with Gasteiger partial charge in [-0.2, -0.15) is 0 Å². The fraction of sp³-hybridized carbons (Fsp3) is 0.533. The molecule has 0 saturated carbocycles. The first-order valence-corrected chi connectivity index (χ1v) is 8.11. The van der Waals surface area contributed by atoms with Crippen molar-refractivity contribution in [3.63, 3.8) is 0 Å². The smallest absolute Gasteiger partial charge is 0.323 e. The normalized spacial score (nSPS) is 23.8. The molecule has 0 bridgehead atoms. The van der Waals surface area contributed by atoms with Crippen molar-refractivity contribution < 1.29 is 4.74 Å². The summed E-state index contributed by atoms with van der Waals surface area (Å²) in [5.41, 5.74) is 2.34. The summed E-state index contributed by atoms with van der Waals surface area (Å²) in [7, 11) is 0. The summed E-state index contributed by atoms with van der Waals surface area (Å²) >= 11 is 3.64. The molecule has 1 aliphatic heterocycles. The van der Waals surface area contributed by atoms with Crippen LogP contribution >= 0.6 is 15.9 Å². The first kappa shape index (κ1) is 14.8. The van der Waals surface area contributed by atoms with Gasteiger partial charge in [0.1, 0.15) is 0 Å². The van der Waals surface area contributed by atoms with E-state index in [9.17, 15) is 4.79 Å². The molecule has 114 valence electrons. The average Bonchev–Trinajstić information content (AvgIpc) is 3.01. The third kappa shape index (κ3) is 2.67. The molecular formula is C15H20BrN3O2. The number of halogens is 1. The van der Waals surface area contributed by atoms with E-state index in [1.165, 1.54) is 0 Å². The Bertz CT molecular complexity index is 700. The van der Waals surface area contributed by atoms with Crippen LogP contribution in [0.25, 0.3) is 11.0 Å². The van der Waals surface area contributed by atoms with Gasteiger partial charge in [-0.25, -0.2) is 4.79 Å². The number of aromatic amines is 2. The van der Waals surface area contributed by atoms with Gasteiger partial charge in [0.25, 0.3) is 0 Å². The molecule has 0 radical (unpaired) electrons. The van der Waals surface area contributed by atoms with Crippen LogP contribution in [0.5, 0.6) is 0 Å². The van der Waals surface area contributed by atoms with Crippen molar-refractivity contribution in [2.75, 3.05) is 13.2 Å². The van der Waals surface area contributed by atoms with E-state index in [-0.39, 0.29) is 17.3 Å². The highest BCUT2D eigenvalue weighted by molar-refractivity contribution is 9.10. The Balaban J connectivity index is 2.09. The van der Waals surface area contributed by atoms with Crippen LogP contribution in [-0.2, 0) is 4.74 Å². The van der Waals surface area contributed by atoms with Crippen LogP contribution in [0, 0.1) is 0 Å². The molecule has 3 N–H and O–H groups in total. The number of ether oxygens (including phenoxy) is 1. The van der Waals surface area contributed by atoms with Crippen molar-refractivity contribution in [3.05, 3.63) is 32.7 Å². The predicted octanol–water partition coefficient (Wildman–Crippen LogP) is 2.84. The highest BCUT2D eigenvalue weighted by atomic mass is 79.9. The molecule has 0 spiro atoms. The second-order valence-corrected chi connectivity index (χ2v) is 6.61. The lowest BCUT2D eigenvalue weighted by Gasteiger charge is -2.35. The second kappa shape index (κ2) is 5.59. The van der Waals surface area contributed by atoms with Crippen LogP contribution in [0.4, 0.5) is 0 Å². The Hall–Kier alpha value is -1.11. The van der Waals surface area contributed by atoms with Gasteiger partial charge in [-0.15, -0.1) is 0 Å². The third-order valence-electron chi connectivity index (χ3n) is 4.21. The lowest BCUT2D eigenvalue weighted by Crippen LogP contribution is -2.41. The molecule has 3 rings (SSSR count). The molecule has 5 nitrogen and oxygen atoms in total. The number of hydrogen-bond acceptors (Lipinski definition) is 3. The quantitative estimate of drug-likeness (QED) is 0.791. The Morgan fingerprint density at radius 1 is 1.43 bits per heavy atom. The fourth-order valence-corrected chi connectivity index (χ4v) is 3.75. The summed E-state index contributed by atoms with van der Waals surface area (Å²) in [6.07, 6.45) is 2.11. The number of benzene rings is 1. The minimum absolute atomic E-state index is 0.0853. The summed E-state index contributed by atoms with van der Waals surface area (Å²) < 4.78 is 7.00. The molecule has 1 aromatic carbocycles. The van der Waals surface area contributed by atoms with Gasteiger partial charge in [-0.1, -0.05) is 22.9 Å². The summed E-state index contributed by atoms with van der Waals surface area (Å²) in [5.74, 6) is 0. The van der Waals surface area contributed by atoms with Crippen LogP contribution in [0.3, 0.4) is 0 Å². The van der Waals surface area contributed by atoms with Gasteiger partial charge in [0.15, 0.2) is 0 Å². The highest BCUT2D eigenvalue weighted by Gasteiger charge is 2.39. The lowest BCUT2D eigenvalue weighted by molar-refractivity contribution is -0.0122. The van der Waals surface area contributed by atoms with E-state index in [1.807, 2.05) is 12.1 Å². The van der Waals surface area contributed by atoms with Gasteiger partial charge in [0.2, 0.25) is 0 Å². The van der Waals surface area contributed by atoms with E-state index in [4.69, 9.17) is 4.74 Å².